The molecule has 0 spiro atoms. The fourth-order valence-electron chi connectivity index (χ4n) is 4.05. The Kier molecular flexibility index (Phi) is 5.40. The molecule has 2 heterocycles. The van der Waals surface area contributed by atoms with E-state index in [0.717, 1.165) is 42.5 Å². The Morgan fingerprint density at radius 3 is 2.34 bits per heavy atom. The van der Waals surface area contributed by atoms with Crippen LogP contribution in [0.4, 0.5) is 4.79 Å². The topological polar surface area (TPSA) is 100 Å². The van der Waals surface area contributed by atoms with E-state index < -0.39 is 6.09 Å². The maximum Gasteiger partial charge on any atom is 0.404 e. The van der Waals surface area contributed by atoms with Crippen molar-refractivity contribution in [2.24, 2.45) is 0 Å². The van der Waals surface area contributed by atoms with Crippen LogP contribution in [0.3, 0.4) is 0 Å². The summed E-state index contributed by atoms with van der Waals surface area (Å²) in [6.45, 7) is 0. The summed E-state index contributed by atoms with van der Waals surface area (Å²) in [6, 6.07) is 11.0. The Morgan fingerprint density at radius 1 is 1.07 bits per heavy atom. The maximum absolute atomic E-state index is 13.0. The molecule has 2 aromatic heterocycles. The normalized spacial score (nSPS) is 19.1. The molecule has 0 unspecified atom stereocenters. The third-order valence-corrected chi connectivity index (χ3v) is 5.65. The van der Waals surface area contributed by atoms with Gasteiger partial charge in [-0.25, -0.2) is 4.79 Å². The molecule has 1 amide bonds. The van der Waals surface area contributed by atoms with E-state index in [0.29, 0.717) is 10.6 Å². The van der Waals surface area contributed by atoms with E-state index in [4.69, 9.17) is 16.7 Å². The standard InChI is InChI=1S/C21H21ClN4O3/c22-15-3-1-13(2-4-15)18-19(14-9-11-23-12-10-14)26(25-20(18)27)17-7-5-16(6-8-17)24-21(28)29/h1-4,9-12,16-17,24H,5-8H2,(H,25,27)(H,28,29). The number of halogens is 1. The number of nitrogens with one attached hydrogen (secondary N) is 2. The number of carboxylic acid groups (broad SMARTS) is 1. The predicted octanol–water partition coefficient (Wildman–Crippen LogP) is 4.31. The van der Waals surface area contributed by atoms with E-state index in [1.54, 1.807) is 24.5 Å². The zero-order valence-corrected chi connectivity index (χ0v) is 16.4. The molecule has 8 heteroatoms. The van der Waals surface area contributed by atoms with Crippen molar-refractivity contribution in [1.82, 2.24) is 20.1 Å². The van der Waals surface area contributed by atoms with Crippen LogP contribution in [-0.2, 0) is 0 Å². The van der Waals surface area contributed by atoms with Crippen LogP contribution in [0.1, 0.15) is 31.7 Å². The lowest BCUT2D eigenvalue weighted by Crippen LogP contribution is -2.37. The van der Waals surface area contributed by atoms with Crippen molar-refractivity contribution in [3.05, 3.63) is 64.2 Å². The van der Waals surface area contributed by atoms with Gasteiger partial charge in [-0.2, -0.15) is 0 Å². The molecule has 1 fully saturated rings. The lowest BCUT2D eigenvalue weighted by molar-refractivity contribution is 0.182. The molecule has 0 atom stereocenters. The average Bonchev–Trinajstić information content (AvgIpc) is 3.06. The second-order valence-electron chi connectivity index (χ2n) is 7.23. The van der Waals surface area contributed by atoms with Gasteiger partial charge in [-0.05, 0) is 55.5 Å². The number of carbonyl (C=O) groups is 1. The molecule has 150 valence electrons. The van der Waals surface area contributed by atoms with Crippen LogP contribution in [0, 0.1) is 0 Å². The van der Waals surface area contributed by atoms with Gasteiger partial charge in [-0.3, -0.25) is 19.6 Å². The van der Waals surface area contributed by atoms with Crippen LogP contribution in [0.5, 0.6) is 0 Å². The van der Waals surface area contributed by atoms with Crippen molar-refractivity contribution in [1.29, 1.82) is 0 Å². The fraction of sp³-hybridized carbons (Fsp3) is 0.286. The second-order valence-corrected chi connectivity index (χ2v) is 7.67. The number of benzene rings is 1. The van der Waals surface area contributed by atoms with Crippen molar-refractivity contribution in [2.45, 2.75) is 37.8 Å². The van der Waals surface area contributed by atoms with E-state index >= 15 is 0 Å². The summed E-state index contributed by atoms with van der Waals surface area (Å²) in [7, 11) is 0. The number of hydrogen-bond donors (Lipinski definition) is 3. The first kappa shape index (κ1) is 19.3. The number of H-pyrrole nitrogens is 1. The van der Waals surface area contributed by atoms with E-state index in [2.05, 4.69) is 15.4 Å². The number of aromatic amines is 1. The molecule has 1 aliphatic carbocycles. The Labute approximate surface area is 172 Å². The summed E-state index contributed by atoms with van der Waals surface area (Å²) < 4.78 is 1.94. The zero-order chi connectivity index (χ0) is 20.4. The second kappa shape index (κ2) is 8.13. The first-order valence-electron chi connectivity index (χ1n) is 9.53. The molecule has 0 bridgehead atoms. The molecule has 29 heavy (non-hydrogen) atoms. The highest BCUT2D eigenvalue weighted by Gasteiger charge is 2.28. The van der Waals surface area contributed by atoms with Crippen LogP contribution >= 0.6 is 11.6 Å². The highest BCUT2D eigenvalue weighted by molar-refractivity contribution is 6.30. The Hall–Kier alpha value is -3.06. The summed E-state index contributed by atoms with van der Waals surface area (Å²) in [5, 5.41) is 15.1. The summed E-state index contributed by atoms with van der Waals surface area (Å²) >= 11 is 6.03. The van der Waals surface area contributed by atoms with Crippen molar-refractivity contribution in [3.8, 4) is 22.4 Å². The first-order valence-corrected chi connectivity index (χ1v) is 9.91. The van der Waals surface area contributed by atoms with Gasteiger partial charge in [0.15, 0.2) is 0 Å². The van der Waals surface area contributed by atoms with Crippen LogP contribution in [0.25, 0.3) is 22.4 Å². The molecule has 1 aliphatic rings. The van der Waals surface area contributed by atoms with E-state index in [-0.39, 0.29) is 17.6 Å². The number of amides is 1. The highest BCUT2D eigenvalue weighted by Crippen LogP contribution is 2.36. The van der Waals surface area contributed by atoms with Crippen molar-refractivity contribution in [2.75, 3.05) is 0 Å². The van der Waals surface area contributed by atoms with Gasteiger partial charge in [0.2, 0.25) is 0 Å². The molecule has 7 nitrogen and oxygen atoms in total. The van der Waals surface area contributed by atoms with E-state index in [1.165, 1.54) is 0 Å². The summed E-state index contributed by atoms with van der Waals surface area (Å²) in [6.07, 6.45) is 5.41. The molecule has 1 saturated carbocycles. The third-order valence-electron chi connectivity index (χ3n) is 5.40. The van der Waals surface area contributed by atoms with E-state index in [9.17, 15) is 9.59 Å². The third kappa shape index (κ3) is 4.05. The van der Waals surface area contributed by atoms with Crippen molar-refractivity contribution in [3.63, 3.8) is 0 Å². The Balaban J connectivity index is 1.75. The SMILES string of the molecule is O=C(O)NC1CCC(n2[nH]c(=O)c(-c3ccc(Cl)cc3)c2-c2ccncc2)CC1. The minimum Gasteiger partial charge on any atom is -0.465 e. The molecule has 4 rings (SSSR count). The molecular weight excluding hydrogens is 392 g/mol. The lowest BCUT2D eigenvalue weighted by Gasteiger charge is -2.30. The fourth-order valence-corrected chi connectivity index (χ4v) is 4.18. The number of nitrogens with zero attached hydrogens (tertiary/aromatic N) is 2. The predicted molar refractivity (Wildman–Crippen MR) is 111 cm³/mol. The summed E-state index contributed by atoms with van der Waals surface area (Å²) in [5.41, 5.74) is 2.94. The van der Waals surface area contributed by atoms with Gasteiger partial charge in [0.25, 0.3) is 5.56 Å². The molecule has 3 aromatic rings. The van der Waals surface area contributed by atoms with Gasteiger partial charge in [-0.1, -0.05) is 23.7 Å². The smallest absolute Gasteiger partial charge is 0.404 e. The van der Waals surface area contributed by atoms with Crippen LogP contribution in [-0.4, -0.2) is 32.0 Å². The van der Waals surface area contributed by atoms with Gasteiger partial charge in [0, 0.05) is 29.0 Å². The van der Waals surface area contributed by atoms with Gasteiger partial charge < -0.3 is 10.4 Å². The number of rotatable bonds is 4. The quantitative estimate of drug-likeness (QED) is 0.594. The molecule has 3 N–H and O–H groups in total. The molecule has 0 aliphatic heterocycles. The van der Waals surface area contributed by atoms with Gasteiger partial charge in [-0.15, -0.1) is 0 Å². The first-order chi connectivity index (χ1) is 14.0. The Bertz CT molecular complexity index is 1050. The van der Waals surface area contributed by atoms with Gasteiger partial charge in [0.05, 0.1) is 17.3 Å². The summed E-state index contributed by atoms with van der Waals surface area (Å²) in [5.74, 6) is 0. The van der Waals surface area contributed by atoms with Crippen molar-refractivity contribution >= 4 is 17.7 Å². The molecular formula is C21H21ClN4O3. The highest BCUT2D eigenvalue weighted by atomic mass is 35.5. The number of aromatic nitrogens is 3. The lowest BCUT2D eigenvalue weighted by atomic mass is 9.90. The van der Waals surface area contributed by atoms with Gasteiger partial charge >= 0.3 is 6.09 Å². The zero-order valence-electron chi connectivity index (χ0n) is 15.6. The minimum absolute atomic E-state index is 0.0499. The molecule has 1 aromatic carbocycles. The maximum atomic E-state index is 13.0. The van der Waals surface area contributed by atoms with E-state index in [1.807, 2.05) is 28.9 Å². The summed E-state index contributed by atoms with van der Waals surface area (Å²) in [4.78, 5) is 28.0. The largest absolute Gasteiger partial charge is 0.465 e. The average molecular weight is 413 g/mol. The van der Waals surface area contributed by atoms with Gasteiger partial charge in [0.1, 0.15) is 0 Å². The number of hydrogen-bond acceptors (Lipinski definition) is 3. The monoisotopic (exact) mass is 412 g/mol. The molecule has 0 saturated heterocycles. The van der Waals surface area contributed by atoms with Crippen LogP contribution in [0.15, 0.2) is 53.6 Å². The van der Waals surface area contributed by atoms with Crippen LogP contribution < -0.4 is 10.9 Å². The minimum atomic E-state index is -0.995. The number of pyridine rings is 1. The van der Waals surface area contributed by atoms with Crippen LogP contribution in [0.2, 0.25) is 5.02 Å². The molecule has 0 radical (unpaired) electrons. The Morgan fingerprint density at radius 2 is 1.72 bits per heavy atom. The van der Waals surface area contributed by atoms with Crippen molar-refractivity contribution < 1.29 is 9.90 Å².